The van der Waals surface area contributed by atoms with Crippen LogP contribution in [0, 0.1) is 0 Å². The number of nitrogens with two attached hydrogens (primary N) is 1. The van der Waals surface area contributed by atoms with Crippen molar-refractivity contribution in [2.45, 2.75) is 24.7 Å². The van der Waals surface area contributed by atoms with E-state index < -0.39 is 5.41 Å². The lowest BCUT2D eigenvalue weighted by Gasteiger charge is -2.45. The van der Waals surface area contributed by atoms with Crippen molar-refractivity contribution in [1.82, 2.24) is 0 Å². The molecule has 13 rings (SSSR count). The van der Waals surface area contributed by atoms with Gasteiger partial charge < -0.3 is 9.80 Å². The Morgan fingerprint density at radius 3 is 1.50 bits per heavy atom. The average Bonchev–Trinajstić information content (AvgIpc) is 3.82. The zero-order valence-electron chi connectivity index (χ0n) is 38.0. The standard InChI is InChI=1S/C64H46N2.H3NS/c1-63(2)54-26-12-9-24-50(54)52-40-38-48(42-58(52)63)65(60-30-16-11-23-49(60)44-19-5-3-6-20-44)47-36-33-43(34-37-47)45-35-39-53-51-25-10-13-27-55(51)64(59(53)41-45)56-28-14-17-31-61(56)66(46-21-7-4-8-22-46)62-32-18-15-29-57(62)64;1-2/h3-42H,1-2H3;2H,1H2. The number of hydrogen-bond acceptors (Lipinski definition) is 4. The number of rotatable bonds is 6. The third-order valence-corrected chi connectivity index (χ3v) is 14.7. The SMILES string of the molecule is CC1(C)c2ccccc2-c2ccc(N(c3ccc(-c4ccc5c(c4)C4(c6ccccc6-5)c5ccccc5N(c5ccccc5)c5ccccc54)cc3)c3ccccc3-c3ccccc3)cc21.NS. The van der Waals surface area contributed by atoms with Gasteiger partial charge in [0.2, 0.25) is 0 Å². The lowest BCUT2D eigenvalue weighted by molar-refractivity contribution is 0.660. The van der Waals surface area contributed by atoms with Crippen LogP contribution in [0.1, 0.15) is 47.2 Å². The van der Waals surface area contributed by atoms with Crippen molar-refractivity contribution in [1.29, 1.82) is 0 Å². The van der Waals surface area contributed by atoms with Crippen LogP contribution < -0.4 is 14.9 Å². The summed E-state index contributed by atoms with van der Waals surface area (Å²) >= 11 is 3.03. The first-order valence-electron chi connectivity index (χ1n) is 23.4. The molecule has 0 atom stereocenters. The third-order valence-electron chi connectivity index (χ3n) is 14.7. The molecule has 0 radical (unpaired) electrons. The van der Waals surface area contributed by atoms with Crippen LogP contribution in [0.4, 0.5) is 34.1 Å². The molecule has 68 heavy (non-hydrogen) atoms. The highest BCUT2D eigenvalue weighted by Crippen LogP contribution is 2.64. The molecular weight excluding hydrogens is 843 g/mol. The minimum Gasteiger partial charge on any atom is -0.310 e. The number of benzene rings is 10. The molecule has 0 saturated carbocycles. The van der Waals surface area contributed by atoms with E-state index in [0.717, 1.165) is 22.7 Å². The van der Waals surface area contributed by atoms with Gasteiger partial charge in [0, 0.05) is 28.0 Å². The summed E-state index contributed by atoms with van der Waals surface area (Å²) in [6.07, 6.45) is 0. The third kappa shape index (κ3) is 6.18. The normalized spacial score (nSPS) is 13.8. The average molecular weight is 892 g/mol. The van der Waals surface area contributed by atoms with Gasteiger partial charge in [-0.2, -0.15) is 0 Å². The largest absolute Gasteiger partial charge is 0.310 e. The maximum absolute atomic E-state index is 4.19. The molecular formula is C64H49N3S. The molecule has 0 aromatic heterocycles. The summed E-state index contributed by atoms with van der Waals surface area (Å²) in [6.45, 7) is 4.73. The minimum atomic E-state index is -0.515. The first-order valence-corrected chi connectivity index (χ1v) is 23.9. The minimum absolute atomic E-state index is 0.125. The molecule has 3 nitrogen and oxygen atoms in total. The van der Waals surface area contributed by atoms with E-state index in [2.05, 4.69) is 284 Å². The van der Waals surface area contributed by atoms with Crippen LogP contribution in [0.5, 0.6) is 0 Å². The Hall–Kier alpha value is -7.89. The van der Waals surface area contributed by atoms with Crippen LogP contribution >= 0.6 is 12.8 Å². The van der Waals surface area contributed by atoms with Crippen LogP contribution in [0.25, 0.3) is 44.5 Å². The molecule has 0 bridgehead atoms. The van der Waals surface area contributed by atoms with Gasteiger partial charge in [-0.25, -0.2) is 0 Å². The van der Waals surface area contributed by atoms with Crippen LogP contribution in [0.15, 0.2) is 243 Å². The molecule has 0 saturated heterocycles. The van der Waals surface area contributed by atoms with Gasteiger partial charge in [0.25, 0.3) is 0 Å². The summed E-state index contributed by atoms with van der Waals surface area (Å²) < 4.78 is 0. The second kappa shape index (κ2) is 16.5. The summed E-state index contributed by atoms with van der Waals surface area (Å²) in [5.41, 5.74) is 24.2. The Bertz CT molecular complexity index is 3480. The number of anilines is 6. The summed E-state index contributed by atoms with van der Waals surface area (Å²) in [5.74, 6) is 0. The maximum atomic E-state index is 4.19. The van der Waals surface area contributed by atoms with Gasteiger partial charge in [-0.1, -0.05) is 196 Å². The fourth-order valence-electron chi connectivity index (χ4n) is 11.7. The van der Waals surface area contributed by atoms with Crippen molar-refractivity contribution < 1.29 is 0 Å². The smallest absolute Gasteiger partial charge is 0.0754 e. The Balaban J connectivity index is 0.00000237. The first-order chi connectivity index (χ1) is 33.5. The molecule has 1 aliphatic heterocycles. The summed E-state index contributed by atoms with van der Waals surface area (Å²) in [4.78, 5) is 4.90. The highest BCUT2D eigenvalue weighted by molar-refractivity contribution is 7.77. The molecule has 2 N–H and O–H groups in total. The molecule has 2 aliphatic carbocycles. The molecule has 10 aromatic rings. The van der Waals surface area contributed by atoms with E-state index in [1.807, 2.05) is 0 Å². The Labute approximate surface area is 405 Å². The van der Waals surface area contributed by atoms with Crippen molar-refractivity contribution in [2.75, 3.05) is 9.80 Å². The first kappa shape index (κ1) is 41.5. The van der Waals surface area contributed by atoms with Crippen molar-refractivity contribution in [3.05, 3.63) is 276 Å². The van der Waals surface area contributed by atoms with Crippen molar-refractivity contribution in [3.63, 3.8) is 0 Å². The lowest BCUT2D eigenvalue weighted by Crippen LogP contribution is -2.36. The van der Waals surface area contributed by atoms with Gasteiger partial charge in [-0.3, -0.25) is 5.14 Å². The zero-order valence-corrected chi connectivity index (χ0v) is 38.9. The van der Waals surface area contributed by atoms with Crippen LogP contribution in [-0.2, 0) is 10.8 Å². The lowest BCUT2D eigenvalue weighted by atomic mass is 9.64. The summed E-state index contributed by atoms with van der Waals surface area (Å²) in [7, 11) is 0. The molecule has 0 fully saturated rings. The summed E-state index contributed by atoms with van der Waals surface area (Å²) in [6, 6.07) is 90.0. The van der Waals surface area contributed by atoms with Gasteiger partial charge in [-0.05, 0) is 133 Å². The zero-order chi connectivity index (χ0) is 46.0. The predicted molar refractivity (Wildman–Crippen MR) is 288 cm³/mol. The van der Waals surface area contributed by atoms with Crippen LogP contribution in [-0.4, -0.2) is 0 Å². The Morgan fingerprint density at radius 2 is 0.824 bits per heavy atom. The number of fused-ring (bicyclic) bond motifs is 12. The van der Waals surface area contributed by atoms with Gasteiger partial charge in [0.05, 0.1) is 22.5 Å². The highest BCUT2D eigenvalue weighted by Gasteiger charge is 2.51. The van der Waals surface area contributed by atoms with Gasteiger partial charge >= 0.3 is 0 Å². The van der Waals surface area contributed by atoms with E-state index in [0.29, 0.717) is 0 Å². The van der Waals surface area contributed by atoms with E-state index in [1.165, 1.54) is 89.3 Å². The van der Waals surface area contributed by atoms with Crippen molar-refractivity contribution >= 4 is 46.9 Å². The predicted octanol–water partition coefficient (Wildman–Crippen LogP) is 16.7. The second-order valence-corrected chi connectivity index (χ2v) is 18.4. The maximum Gasteiger partial charge on any atom is 0.0754 e. The van der Waals surface area contributed by atoms with E-state index in [-0.39, 0.29) is 5.41 Å². The number of thiol groups is 1. The van der Waals surface area contributed by atoms with Crippen LogP contribution in [0.2, 0.25) is 0 Å². The quantitative estimate of drug-likeness (QED) is 0.163. The van der Waals surface area contributed by atoms with E-state index in [4.69, 9.17) is 0 Å². The van der Waals surface area contributed by atoms with Crippen LogP contribution in [0.3, 0.4) is 0 Å². The fourth-order valence-corrected chi connectivity index (χ4v) is 11.7. The molecule has 0 unspecified atom stereocenters. The fraction of sp³-hybridized carbons (Fsp3) is 0.0625. The number of para-hydroxylation sites is 4. The van der Waals surface area contributed by atoms with E-state index in [1.54, 1.807) is 0 Å². The topological polar surface area (TPSA) is 32.5 Å². The monoisotopic (exact) mass is 891 g/mol. The molecule has 4 heteroatoms. The van der Waals surface area contributed by atoms with Crippen molar-refractivity contribution in [2.24, 2.45) is 5.14 Å². The van der Waals surface area contributed by atoms with Gasteiger partial charge in [-0.15, -0.1) is 12.8 Å². The Kier molecular flexibility index (Phi) is 10.1. The molecule has 1 spiro atoms. The Morgan fingerprint density at radius 1 is 0.353 bits per heavy atom. The number of nitrogens with zero attached hydrogens (tertiary/aromatic N) is 2. The molecule has 1 heterocycles. The molecule has 10 aromatic carbocycles. The van der Waals surface area contributed by atoms with Gasteiger partial charge in [0.15, 0.2) is 0 Å². The number of hydrogen-bond donors (Lipinski definition) is 2. The molecule has 3 aliphatic rings. The van der Waals surface area contributed by atoms with E-state index in [9.17, 15) is 0 Å². The second-order valence-electron chi connectivity index (χ2n) is 18.4. The molecule has 326 valence electrons. The highest BCUT2D eigenvalue weighted by atomic mass is 32.1. The summed E-state index contributed by atoms with van der Waals surface area (Å²) in [5, 5.41) is 4.19. The van der Waals surface area contributed by atoms with Crippen molar-refractivity contribution in [3.8, 4) is 44.5 Å². The van der Waals surface area contributed by atoms with Gasteiger partial charge in [0.1, 0.15) is 0 Å². The molecule has 0 amide bonds. The van der Waals surface area contributed by atoms with E-state index >= 15 is 0 Å².